The summed E-state index contributed by atoms with van der Waals surface area (Å²) in [6.45, 7) is 2.08. The summed E-state index contributed by atoms with van der Waals surface area (Å²) in [4.78, 5) is 15.2. The number of amides is 1. The molecule has 34 heavy (non-hydrogen) atoms. The zero-order chi connectivity index (χ0) is 24.1. The van der Waals surface area contributed by atoms with Gasteiger partial charge in [0.25, 0.3) is 5.91 Å². The number of nitrogens with zero attached hydrogens (tertiary/aromatic N) is 1. The fraction of sp³-hybridized carbons (Fsp3) is 0.250. The van der Waals surface area contributed by atoms with Crippen molar-refractivity contribution in [1.29, 1.82) is 0 Å². The Morgan fingerprint density at radius 3 is 2.24 bits per heavy atom. The van der Waals surface area contributed by atoms with Crippen LogP contribution in [0.1, 0.15) is 30.5 Å². The molecular formula is C28H30N2O4. The summed E-state index contributed by atoms with van der Waals surface area (Å²) in [5.41, 5.74) is 3.88. The van der Waals surface area contributed by atoms with Crippen LogP contribution in [0.25, 0.3) is 6.08 Å². The zero-order valence-electron chi connectivity index (χ0n) is 19.9. The molecule has 4 rings (SSSR count). The first-order valence-electron chi connectivity index (χ1n) is 11.3. The molecule has 1 heterocycles. The highest BCUT2D eigenvalue weighted by atomic mass is 16.5. The molecule has 3 aromatic rings. The molecule has 0 spiro atoms. The Bertz CT molecular complexity index is 1150. The Morgan fingerprint density at radius 1 is 0.941 bits per heavy atom. The van der Waals surface area contributed by atoms with E-state index in [4.69, 9.17) is 14.2 Å². The number of rotatable bonds is 7. The van der Waals surface area contributed by atoms with Crippen molar-refractivity contribution in [2.24, 2.45) is 0 Å². The normalized spacial score (nSPS) is 17.2. The molecule has 0 unspecified atom stereocenters. The number of para-hydroxylation sites is 2. The number of nitrogens with one attached hydrogen (secondary N) is 1. The monoisotopic (exact) mass is 458 g/mol. The van der Waals surface area contributed by atoms with Crippen LogP contribution >= 0.6 is 0 Å². The van der Waals surface area contributed by atoms with Crippen molar-refractivity contribution >= 4 is 23.4 Å². The molecule has 6 heteroatoms. The molecule has 0 bridgehead atoms. The molecule has 1 amide bonds. The summed E-state index contributed by atoms with van der Waals surface area (Å²) in [7, 11) is 4.71. The number of hydrogen-bond acceptors (Lipinski definition) is 5. The van der Waals surface area contributed by atoms with E-state index >= 15 is 0 Å². The first-order valence-corrected chi connectivity index (χ1v) is 11.3. The molecule has 0 radical (unpaired) electrons. The largest absolute Gasteiger partial charge is 0.493 e. The average molecular weight is 459 g/mol. The van der Waals surface area contributed by atoms with Gasteiger partial charge in [0, 0.05) is 23.5 Å². The molecule has 1 aliphatic heterocycles. The van der Waals surface area contributed by atoms with Crippen molar-refractivity contribution in [3.05, 3.63) is 83.9 Å². The Balaban J connectivity index is 1.60. The average Bonchev–Trinajstić information content (AvgIpc) is 2.87. The summed E-state index contributed by atoms with van der Waals surface area (Å²) < 4.78 is 16.2. The van der Waals surface area contributed by atoms with Crippen LogP contribution in [-0.2, 0) is 4.79 Å². The molecule has 0 aromatic heterocycles. The van der Waals surface area contributed by atoms with E-state index in [1.165, 1.54) is 0 Å². The molecule has 0 fully saturated rings. The molecular weight excluding hydrogens is 428 g/mol. The second-order valence-electron chi connectivity index (χ2n) is 8.21. The van der Waals surface area contributed by atoms with E-state index in [-0.39, 0.29) is 18.0 Å². The molecule has 1 N–H and O–H groups in total. The van der Waals surface area contributed by atoms with Gasteiger partial charge < -0.3 is 24.4 Å². The summed E-state index contributed by atoms with van der Waals surface area (Å²) in [6.07, 6.45) is 4.17. The van der Waals surface area contributed by atoms with Gasteiger partial charge in [0.2, 0.25) is 5.75 Å². The van der Waals surface area contributed by atoms with E-state index in [1.807, 2.05) is 53.4 Å². The first kappa shape index (κ1) is 23.2. The lowest BCUT2D eigenvalue weighted by molar-refractivity contribution is -0.114. The SMILES string of the molecule is COc1cc(/C=C/C(=O)N2c3ccccc3[C@H](Nc3ccccc3)C[C@H]2C)cc(OC)c1OC. The quantitative estimate of drug-likeness (QED) is 0.460. The minimum atomic E-state index is -0.0770. The third-order valence-electron chi connectivity index (χ3n) is 6.05. The topological polar surface area (TPSA) is 60.0 Å². The number of benzene rings is 3. The van der Waals surface area contributed by atoms with Crippen LogP contribution in [0.4, 0.5) is 11.4 Å². The standard InChI is InChI=1S/C28H30N2O4/c1-19-16-23(29-21-10-6-5-7-11-21)22-12-8-9-13-24(22)30(19)27(31)15-14-20-17-25(32-2)28(34-4)26(18-20)33-3/h5-15,17-19,23,29H,16H2,1-4H3/b15-14+/t19-,23-/m1/s1. The van der Waals surface area contributed by atoms with Gasteiger partial charge in [-0.25, -0.2) is 0 Å². The van der Waals surface area contributed by atoms with Crippen LogP contribution in [-0.4, -0.2) is 33.3 Å². The molecule has 2 atom stereocenters. The van der Waals surface area contributed by atoms with Crippen molar-refractivity contribution in [1.82, 2.24) is 0 Å². The minimum Gasteiger partial charge on any atom is -0.493 e. The Kier molecular flexibility index (Phi) is 7.07. The predicted octanol–water partition coefficient (Wildman–Crippen LogP) is 5.70. The second kappa shape index (κ2) is 10.3. The maximum Gasteiger partial charge on any atom is 0.251 e. The number of ether oxygens (including phenoxy) is 3. The first-order chi connectivity index (χ1) is 16.5. The van der Waals surface area contributed by atoms with Crippen LogP contribution < -0.4 is 24.4 Å². The van der Waals surface area contributed by atoms with E-state index < -0.39 is 0 Å². The smallest absolute Gasteiger partial charge is 0.251 e. The van der Waals surface area contributed by atoms with Gasteiger partial charge in [0.15, 0.2) is 11.5 Å². The molecule has 0 saturated heterocycles. The summed E-state index contributed by atoms with van der Waals surface area (Å²) in [5.74, 6) is 1.52. The highest BCUT2D eigenvalue weighted by molar-refractivity contribution is 6.05. The number of methoxy groups -OCH3 is 3. The zero-order valence-corrected chi connectivity index (χ0v) is 19.9. The van der Waals surface area contributed by atoms with Gasteiger partial charge in [-0.1, -0.05) is 36.4 Å². The van der Waals surface area contributed by atoms with E-state index in [0.29, 0.717) is 17.2 Å². The highest BCUT2D eigenvalue weighted by Gasteiger charge is 2.32. The fourth-order valence-electron chi connectivity index (χ4n) is 4.47. The van der Waals surface area contributed by atoms with Crippen LogP contribution in [0.15, 0.2) is 72.8 Å². The van der Waals surface area contributed by atoms with Crippen LogP contribution in [0, 0.1) is 0 Å². The number of carbonyl (C=O) groups is 1. The van der Waals surface area contributed by atoms with E-state index in [1.54, 1.807) is 33.5 Å². The summed E-state index contributed by atoms with van der Waals surface area (Å²) >= 11 is 0. The Hall–Kier alpha value is -3.93. The van der Waals surface area contributed by atoms with Gasteiger partial charge in [-0.15, -0.1) is 0 Å². The van der Waals surface area contributed by atoms with Crippen molar-refractivity contribution in [2.45, 2.75) is 25.4 Å². The summed E-state index contributed by atoms with van der Waals surface area (Å²) in [6, 6.07) is 22.0. The fourth-order valence-corrected chi connectivity index (χ4v) is 4.47. The van der Waals surface area contributed by atoms with E-state index in [2.05, 4.69) is 30.4 Å². The third kappa shape index (κ3) is 4.71. The Morgan fingerprint density at radius 2 is 1.59 bits per heavy atom. The Labute approximate surface area is 200 Å². The lowest BCUT2D eigenvalue weighted by Gasteiger charge is -2.39. The van der Waals surface area contributed by atoms with Gasteiger partial charge in [0.1, 0.15) is 0 Å². The molecule has 1 aliphatic rings. The van der Waals surface area contributed by atoms with Gasteiger partial charge in [-0.2, -0.15) is 0 Å². The molecule has 0 aliphatic carbocycles. The molecule has 0 saturated carbocycles. The van der Waals surface area contributed by atoms with Crippen LogP contribution in [0.5, 0.6) is 17.2 Å². The lowest BCUT2D eigenvalue weighted by atomic mass is 9.91. The molecule has 6 nitrogen and oxygen atoms in total. The minimum absolute atomic E-state index is 0.0215. The molecule has 3 aromatic carbocycles. The number of fused-ring (bicyclic) bond motifs is 1. The van der Waals surface area contributed by atoms with E-state index in [0.717, 1.165) is 28.9 Å². The van der Waals surface area contributed by atoms with Crippen molar-refractivity contribution in [2.75, 3.05) is 31.5 Å². The van der Waals surface area contributed by atoms with Crippen molar-refractivity contribution < 1.29 is 19.0 Å². The maximum atomic E-state index is 13.4. The van der Waals surface area contributed by atoms with Crippen LogP contribution in [0.2, 0.25) is 0 Å². The molecule has 176 valence electrons. The van der Waals surface area contributed by atoms with Gasteiger partial charge in [0.05, 0.1) is 27.4 Å². The second-order valence-corrected chi connectivity index (χ2v) is 8.21. The van der Waals surface area contributed by atoms with Crippen molar-refractivity contribution in [3.63, 3.8) is 0 Å². The highest BCUT2D eigenvalue weighted by Crippen LogP contribution is 2.40. The lowest BCUT2D eigenvalue weighted by Crippen LogP contribution is -2.43. The van der Waals surface area contributed by atoms with Gasteiger partial charge in [-0.3, -0.25) is 4.79 Å². The van der Waals surface area contributed by atoms with E-state index in [9.17, 15) is 4.79 Å². The summed E-state index contributed by atoms with van der Waals surface area (Å²) in [5, 5.41) is 3.63. The van der Waals surface area contributed by atoms with Gasteiger partial charge in [-0.05, 0) is 60.9 Å². The maximum absolute atomic E-state index is 13.4. The van der Waals surface area contributed by atoms with Gasteiger partial charge >= 0.3 is 0 Å². The number of anilines is 2. The van der Waals surface area contributed by atoms with Crippen molar-refractivity contribution in [3.8, 4) is 17.2 Å². The number of carbonyl (C=O) groups excluding carboxylic acids is 1. The third-order valence-corrected chi connectivity index (χ3v) is 6.05. The predicted molar refractivity (Wildman–Crippen MR) is 136 cm³/mol. The number of hydrogen-bond donors (Lipinski definition) is 1. The van der Waals surface area contributed by atoms with Crippen LogP contribution in [0.3, 0.4) is 0 Å².